The summed E-state index contributed by atoms with van der Waals surface area (Å²) >= 11 is 5.87. The molecule has 10 nitrogen and oxygen atoms in total. The highest BCUT2D eigenvalue weighted by Crippen LogP contribution is 2.33. The van der Waals surface area contributed by atoms with E-state index in [1.165, 1.54) is 6.20 Å². The van der Waals surface area contributed by atoms with Gasteiger partial charge >= 0.3 is 6.09 Å². The van der Waals surface area contributed by atoms with E-state index in [9.17, 15) is 14.4 Å². The van der Waals surface area contributed by atoms with Crippen LogP contribution in [0.5, 0.6) is 0 Å². The standard InChI is InChI=1S/C26H30ClN5O5/c1-26(2,3)37-25(35)32(4)17-10-7-15(8-11-17)23(33)31-21-20-18(6-5-13-28-20)36-22(21)24(34)30-19-12-9-16(27)14-29-19/h5-6,9,12-15,17H,7-8,10-11H2,1-4H3,(H,31,33)(H,29,30,34)/t15-,17-. The van der Waals surface area contributed by atoms with Crippen LogP contribution in [-0.2, 0) is 9.53 Å². The van der Waals surface area contributed by atoms with Crippen LogP contribution in [0.2, 0.25) is 5.02 Å². The van der Waals surface area contributed by atoms with E-state index >= 15 is 0 Å². The fourth-order valence-corrected chi connectivity index (χ4v) is 4.37. The normalized spacial score (nSPS) is 17.8. The lowest BCUT2D eigenvalue weighted by Crippen LogP contribution is -2.43. The molecule has 196 valence electrons. The molecule has 0 unspecified atom stereocenters. The summed E-state index contributed by atoms with van der Waals surface area (Å²) in [6, 6.07) is 6.51. The zero-order valence-electron chi connectivity index (χ0n) is 21.2. The summed E-state index contributed by atoms with van der Waals surface area (Å²) in [5, 5.41) is 5.96. The molecule has 1 aliphatic carbocycles. The number of aromatic nitrogens is 2. The van der Waals surface area contributed by atoms with Gasteiger partial charge < -0.3 is 24.7 Å². The smallest absolute Gasteiger partial charge is 0.410 e. The van der Waals surface area contributed by atoms with Gasteiger partial charge in [-0.2, -0.15) is 0 Å². The molecular formula is C26H30ClN5O5. The molecule has 1 fully saturated rings. The van der Waals surface area contributed by atoms with E-state index in [1.807, 2.05) is 20.8 Å². The van der Waals surface area contributed by atoms with Gasteiger partial charge in [0, 0.05) is 31.4 Å². The molecule has 3 aromatic heterocycles. The van der Waals surface area contributed by atoms with Gasteiger partial charge in [0.25, 0.3) is 5.91 Å². The van der Waals surface area contributed by atoms with Crippen LogP contribution >= 0.6 is 11.6 Å². The van der Waals surface area contributed by atoms with E-state index in [1.54, 1.807) is 42.4 Å². The van der Waals surface area contributed by atoms with Gasteiger partial charge in [0.15, 0.2) is 5.58 Å². The molecule has 3 aromatic rings. The topological polar surface area (TPSA) is 127 Å². The zero-order valence-corrected chi connectivity index (χ0v) is 22.0. The number of rotatable bonds is 5. The fraction of sp³-hybridized carbons (Fsp3) is 0.423. The van der Waals surface area contributed by atoms with Gasteiger partial charge in [-0.25, -0.2) is 9.78 Å². The number of nitrogens with zero attached hydrogens (tertiary/aromatic N) is 3. The first-order chi connectivity index (χ1) is 17.5. The molecule has 4 rings (SSSR count). The van der Waals surface area contributed by atoms with Crippen LogP contribution in [0.25, 0.3) is 11.1 Å². The Hall–Kier alpha value is -3.66. The first-order valence-electron chi connectivity index (χ1n) is 12.1. The summed E-state index contributed by atoms with van der Waals surface area (Å²) < 4.78 is 11.2. The third-order valence-electron chi connectivity index (χ3n) is 6.17. The zero-order chi connectivity index (χ0) is 26.7. The van der Waals surface area contributed by atoms with Crippen molar-refractivity contribution in [1.82, 2.24) is 14.9 Å². The maximum atomic E-state index is 13.2. The second-order valence-electron chi connectivity index (χ2n) is 10.1. The molecule has 0 aliphatic heterocycles. The minimum atomic E-state index is -0.578. The highest BCUT2D eigenvalue weighted by Gasteiger charge is 2.33. The van der Waals surface area contributed by atoms with E-state index in [4.69, 9.17) is 20.8 Å². The van der Waals surface area contributed by atoms with Crippen LogP contribution in [0, 0.1) is 5.92 Å². The van der Waals surface area contributed by atoms with Crippen molar-refractivity contribution in [2.45, 2.75) is 58.1 Å². The number of amides is 3. The van der Waals surface area contributed by atoms with Crippen molar-refractivity contribution in [3.63, 3.8) is 0 Å². The molecule has 2 N–H and O–H groups in total. The van der Waals surface area contributed by atoms with Gasteiger partial charge in [-0.05, 0) is 70.7 Å². The van der Waals surface area contributed by atoms with Crippen LogP contribution in [-0.4, -0.2) is 51.5 Å². The van der Waals surface area contributed by atoms with Gasteiger partial charge in [-0.3, -0.25) is 14.6 Å². The van der Waals surface area contributed by atoms with Crippen molar-refractivity contribution in [2.24, 2.45) is 5.92 Å². The van der Waals surface area contributed by atoms with Crippen molar-refractivity contribution in [1.29, 1.82) is 0 Å². The van der Waals surface area contributed by atoms with Crippen molar-refractivity contribution in [3.05, 3.63) is 47.4 Å². The average molecular weight is 528 g/mol. The largest absolute Gasteiger partial charge is 0.447 e. The lowest BCUT2D eigenvalue weighted by Gasteiger charge is -2.35. The number of hydrogen-bond acceptors (Lipinski definition) is 7. The van der Waals surface area contributed by atoms with Crippen LogP contribution < -0.4 is 10.6 Å². The molecule has 1 aliphatic rings. The monoisotopic (exact) mass is 527 g/mol. The first-order valence-corrected chi connectivity index (χ1v) is 12.5. The molecule has 11 heteroatoms. The second-order valence-corrected chi connectivity index (χ2v) is 10.5. The number of pyridine rings is 2. The Morgan fingerprint density at radius 3 is 2.46 bits per heavy atom. The Morgan fingerprint density at radius 1 is 1.08 bits per heavy atom. The van der Waals surface area contributed by atoms with E-state index in [0.717, 1.165) is 0 Å². The van der Waals surface area contributed by atoms with Crippen LogP contribution in [0.4, 0.5) is 16.3 Å². The lowest BCUT2D eigenvalue weighted by atomic mass is 9.85. The lowest BCUT2D eigenvalue weighted by molar-refractivity contribution is -0.121. The maximum absolute atomic E-state index is 13.2. The number of halogens is 1. The summed E-state index contributed by atoms with van der Waals surface area (Å²) in [5.41, 5.74) is 0.385. The molecule has 0 saturated heterocycles. The summed E-state index contributed by atoms with van der Waals surface area (Å²) in [6.45, 7) is 5.48. The molecule has 3 amide bonds. The number of ether oxygens (including phenoxy) is 1. The highest BCUT2D eigenvalue weighted by atomic mass is 35.5. The van der Waals surface area contributed by atoms with Crippen molar-refractivity contribution < 1.29 is 23.5 Å². The third kappa shape index (κ3) is 6.37. The van der Waals surface area contributed by atoms with Crippen LogP contribution in [0.15, 0.2) is 41.1 Å². The number of carbonyl (C=O) groups excluding carboxylic acids is 3. The van der Waals surface area contributed by atoms with E-state index in [2.05, 4.69) is 20.6 Å². The maximum Gasteiger partial charge on any atom is 0.410 e. The van der Waals surface area contributed by atoms with Crippen molar-refractivity contribution in [3.8, 4) is 0 Å². The minimum Gasteiger partial charge on any atom is -0.447 e. The minimum absolute atomic E-state index is 0.0106. The van der Waals surface area contributed by atoms with Gasteiger partial charge in [0.05, 0.1) is 5.02 Å². The van der Waals surface area contributed by atoms with Crippen LogP contribution in [0.3, 0.4) is 0 Å². The molecule has 0 radical (unpaired) electrons. The fourth-order valence-electron chi connectivity index (χ4n) is 4.26. The predicted molar refractivity (Wildman–Crippen MR) is 140 cm³/mol. The Bertz CT molecular complexity index is 1290. The van der Waals surface area contributed by atoms with Gasteiger partial charge in [0.2, 0.25) is 11.7 Å². The number of hydrogen-bond donors (Lipinski definition) is 2. The summed E-state index contributed by atoms with van der Waals surface area (Å²) in [6.07, 6.45) is 5.10. The van der Waals surface area contributed by atoms with E-state index in [0.29, 0.717) is 41.8 Å². The number of anilines is 2. The SMILES string of the molecule is CN(C(=O)OC(C)(C)C)[C@H]1CC[C@H](C(=O)Nc2c(C(=O)Nc3ccc(Cl)cn3)oc3cccnc23)CC1. The number of carbonyl (C=O) groups is 3. The third-order valence-corrected chi connectivity index (χ3v) is 6.39. The van der Waals surface area contributed by atoms with Gasteiger partial charge in [0.1, 0.15) is 22.6 Å². The second kappa shape index (κ2) is 10.8. The van der Waals surface area contributed by atoms with Gasteiger partial charge in [-0.15, -0.1) is 0 Å². The van der Waals surface area contributed by atoms with E-state index in [-0.39, 0.29) is 41.2 Å². The molecule has 37 heavy (non-hydrogen) atoms. The average Bonchev–Trinajstić information content (AvgIpc) is 3.22. The molecule has 0 aromatic carbocycles. The Kier molecular flexibility index (Phi) is 7.68. The number of fused-ring (bicyclic) bond motifs is 1. The highest BCUT2D eigenvalue weighted by molar-refractivity contribution is 6.30. The molecule has 0 spiro atoms. The number of nitrogens with one attached hydrogen (secondary N) is 2. The summed E-state index contributed by atoms with van der Waals surface area (Å²) in [4.78, 5) is 48.7. The Labute approximate surface area is 219 Å². The summed E-state index contributed by atoms with van der Waals surface area (Å²) in [5.74, 6) is -0.883. The number of furan rings is 1. The molecular weight excluding hydrogens is 498 g/mol. The first kappa shape index (κ1) is 26.4. The molecule has 1 saturated carbocycles. The molecule has 0 bridgehead atoms. The van der Waals surface area contributed by atoms with Crippen molar-refractivity contribution >= 4 is 52.1 Å². The van der Waals surface area contributed by atoms with E-state index < -0.39 is 11.5 Å². The van der Waals surface area contributed by atoms with Crippen LogP contribution in [0.1, 0.15) is 57.0 Å². The summed E-state index contributed by atoms with van der Waals surface area (Å²) in [7, 11) is 1.73. The van der Waals surface area contributed by atoms with Gasteiger partial charge in [-0.1, -0.05) is 11.6 Å². The molecule has 0 atom stereocenters. The Balaban J connectivity index is 1.45. The van der Waals surface area contributed by atoms with Crippen molar-refractivity contribution in [2.75, 3.05) is 17.7 Å². The predicted octanol–water partition coefficient (Wildman–Crippen LogP) is 5.49. The quantitative estimate of drug-likeness (QED) is 0.449. The molecule has 3 heterocycles. The Morgan fingerprint density at radius 2 is 1.81 bits per heavy atom.